The smallest absolute Gasteiger partial charge is 0.342 e. The van der Waals surface area contributed by atoms with Crippen LogP contribution in [0.3, 0.4) is 0 Å². The van der Waals surface area contributed by atoms with Gasteiger partial charge in [-0.25, -0.2) is 18.7 Å². The van der Waals surface area contributed by atoms with Crippen molar-refractivity contribution in [1.29, 1.82) is 0 Å². The molecule has 0 spiro atoms. The minimum absolute atomic E-state index is 0.0547. The van der Waals surface area contributed by atoms with Crippen molar-refractivity contribution in [1.82, 2.24) is 34.5 Å². The van der Waals surface area contributed by atoms with Crippen molar-refractivity contribution in [3.05, 3.63) is 83.2 Å². The van der Waals surface area contributed by atoms with E-state index in [0.717, 1.165) is 10.8 Å². The lowest BCUT2D eigenvalue weighted by Gasteiger charge is -2.36. The number of allylic oxidation sites excluding steroid dienone is 1. The van der Waals surface area contributed by atoms with Crippen LogP contribution in [-0.4, -0.2) is 52.8 Å². The topological polar surface area (TPSA) is 89.9 Å². The highest BCUT2D eigenvalue weighted by Crippen LogP contribution is 2.33. The highest BCUT2D eigenvalue weighted by molar-refractivity contribution is 6.09. The van der Waals surface area contributed by atoms with Crippen molar-refractivity contribution in [3.8, 4) is 11.5 Å². The number of alkyl halides is 3. The molecule has 1 unspecified atom stereocenters. The Kier molecular flexibility index (Phi) is 6.39. The summed E-state index contributed by atoms with van der Waals surface area (Å²) >= 11 is 0. The molecule has 5 heterocycles. The Labute approximate surface area is 224 Å². The van der Waals surface area contributed by atoms with E-state index < -0.39 is 23.9 Å². The van der Waals surface area contributed by atoms with Crippen LogP contribution in [0.5, 0.6) is 0 Å². The highest BCUT2D eigenvalue weighted by Gasteiger charge is 2.41. The first kappa shape index (κ1) is 25.8. The Morgan fingerprint density at radius 1 is 1.07 bits per heavy atom. The van der Waals surface area contributed by atoms with Crippen LogP contribution >= 0.6 is 0 Å². The third kappa shape index (κ3) is 4.62. The maximum absolute atomic E-state index is 15.1. The fourth-order valence-electron chi connectivity index (χ4n) is 4.90. The van der Waals surface area contributed by atoms with Gasteiger partial charge in [-0.1, -0.05) is 31.2 Å². The summed E-state index contributed by atoms with van der Waals surface area (Å²) in [6, 6.07) is 7.54. The zero-order chi connectivity index (χ0) is 28.0. The molecule has 206 valence electrons. The molecule has 2 aliphatic heterocycles. The van der Waals surface area contributed by atoms with Crippen LogP contribution in [0.15, 0.2) is 53.7 Å². The zero-order valence-corrected chi connectivity index (χ0v) is 21.1. The van der Waals surface area contributed by atoms with Gasteiger partial charge in [0, 0.05) is 18.2 Å². The van der Waals surface area contributed by atoms with Gasteiger partial charge in [-0.3, -0.25) is 9.67 Å². The molecule has 0 aliphatic carbocycles. The number of nitrogens with zero attached hydrogens (tertiary/aromatic N) is 9. The molecule has 14 heteroatoms. The number of rotatable bonds is 6. The Hall–Kier alpha value is -4.49. The van der Waals surface area contributed by atoms with Crippen LogP contribution in [0, 0.1) is 11.6 Å². The summed E-state index contributed by atoms with van der Waals surface area (Å²) < 4.78 is 72.4. The van der Waals surface area contributed by atoms with Crippen molar-refractivity contribution in [2.75, 3.05) is 11.4 Å². The predicted octanol–water partition coefficient (Wildman–Crippen LogP) is 4.43. The third-order valence-corrected chi connectivity index (χ3v) is 6.89. The first-order valence-corrected chi connectivity index (χ1v) is 12.5. The quantitative estimate of drug-likeness (QED) is 0.327. The second-order valence-corrected chi connectivity index (χ2v) is 9.40. The molecule has 0 bridgehead atoms. The SMILES string of the molecule is CCC1Cn2c(nnc2C(F)(F)F)CN1c1nc(-c2cc(C3=NCC=C3)n(Cc3ccccc3F)n2)ncc1F. The molecule has 3 aromatic heterocycles. The summed E-state index contributed by atoms with van der Waals surface area (Å²) in [5, 5.41) is 11.6. The Bertz CT molecular complexity index is 1640. The molecule has 0 saturated heterocycles. The summed E-state index contributed by atoms with van der Waals surface area (Å²) in [4.78, 5) is 14.6. The molecule has 6 rings (SSSR count). The van der Waals surface area contributed by atoms with Gasteiger partial charge in [0.15, 0.2) is 23.3 Å². The molecule has 0 fully saturated rings. The Balaban J connectivity index is 1.38. The van der Waals surface area contributed by atoms with Crippen molar-refractivity contribution in [2.24, 2.45) is 4.99 Å². The van der Waals surface area contributed by atoms with Gasteiger partial charge in [0.25, 0.3) is 0 Å². The standard InChI is InChI=1S/C26H22F5N9/c1-2-16-13-39-22(35-36-25(39)26(29,30)31)14-38(16)24-18(28)11-33-23(34-24)20-10-21(19-8-5-9-32-19)40(37-20)12-15-6-3-4-7-17(15)27/h3-8,10-11,16H,2,9,12-14H2,1H3. The third-order valence-electron chi connectivity index (χ3n) is 6.89. The van der Waals surface area contributed by atoms with Crippen LogP contribution in [0.2, 0.25) is 0 Å². The lowest BCUT2D eigenvalue weighted by atomic mass is 10.1. The first-order valence-electron chi connectivity index (χ1n) is 12.5. The van der Waals surface area contributed by atoms with Crippen molar-refractivity contribution in [3.63, 3.8) is 0 Å². The van der Waals surface area contributed by atoms with Crippen molar-refractivity contribution in [2.45, 2.75) is 45.2 Å². The Morgan fingerprint density at radius 2 is 1.90 bits per heavy atom. The lowest BCUT2D eigenvalue weighted by Crippen LogP contribution is -2.44. The molecule has 2 aliphatic rings. The number of hydrogen-bond donors (Lipinski definition) is 0. The van der Waals surface area contributed by atoms with Crippen LogP contribution in [-0.2, 0) is 25.8 Å². The van der Waals surface area contributed by atoms with E-state index in [0.29, 0.717) is 35.6 Å². The lowest BCUT2D eigenvalue weighted by molar-refractivity contribution is -0.147. The average molecular weight is 556 g/mol. The Morgan fingerprint density at radius 3 is 2.62 bits per heavy atom. The average Bonchev–Trinajstić information content (AvgIpc) is 3.69. The molecule has 0 N–H and O–H groups in total. The number of anilines is 1. The minimum atomic E-state index is -4.66. The molecular formula is C26H22F5N9. The number of hydrogen-bond acceptors (Lipinski definition) is 7. The molecule has 40 heavy (non-hydrogen) atoms. The summed E-state index contributed by atoms with van der Waals surface area (Å²) in [5.41, 5.74) is 1.99. The molecule has 0 saturated carbocycles. The van der Waals surface area contributed by atoms with Crippen molar-refractivity contribution < 1.29 is 22.0 Å². The summed E-state index contributed by atoms with van der Waals surface area (Å²) in [6.45, 7) is 2.21. The van der Waals surface area contributed by atoms with Gasteiger partial charge in [0.2, 0.25) is 5.82 Å². The van der Waals surface area contributed by atoms with Gasteiger partial charge in [-0.2, -0.15) is 18.3 Å². The zero-order valence-electron chi connectivity index (χ0n) is 21.1. The molecule has 4 aromatic rings. The summed E-state index contributed by atoms with van der Waals surface area (Å²) in [6.07, 6.45) is 0.485. The van der Waals surface area contributed by atoms with Crippen LogP contribution in [0.1, 0.15) is 36.3 Å². The maximum atomic E-state index is 15.1. The van der Waals surface area contributed by atoms with Gasteiger partial charge in [-0.15, -0.1) is 10.2 Å². The van der Waals surface area contributed by atoms with E-state index in [9.17, 15) is 17.6 Å². The van der Waals surface area contributed by atoms with E-state index >= 15 is 4.39 Å². The van der Waals surface area contributed by atoms with E-state index in [4.69, 9.17) is 0 Å². The van der Waals surface area contributed by atoms with Gasteiger partial charge in [0.1, 0.15) is 11.5 Å². The fourth-order valence-corrected chi connectivity index (χ4v) is 4.90. The van der Waals surface area contributed by atoms with E-state index in [1.807, 2.05) is 12.2 Å². The first-order chi connectivity index (χ1) is 19.2. The van der Waals surface area contributed by atoms with Crippen molar-refractivity contribution >= 4 is 11.5 Å². The summed E-state index contributed by atoms with van der Waals surface area (Å²) in [7, 11) is 0. The molecule has 0 amide bonds. The van der Waals surface area contributed by atoms with E-state index in [2.05, 4.69) is 30.3 Å². The number of aliphatic imine (C=N–C) groups is 1. The molecule has 9 nitrogen and oxygen atoms in total. The van der Waals surface area contributed by atoms with Gasteiger partial charge in [-0.05, 0) is 24.6 Å². The van der Waals surface area contributed by atoms with E-state index in [1.54, 1.807) is 40.8 Å². The highest BCUT2D eigenvalue weighted by atomic mass is 19.4. The van der Waals surface area contributed by atoms with Gasteiger partial charge >= 0.3 is 6.18 Å². The second kappa shape index (κ2) is 9.92. The van der Waals surface area contributed by atoms with E-state index in [-0.39, 0.29) is 42.9 Å². The molecule has 1 atom stereocenters. The predicted molar refractivity (Wildman–Crippen MR) is 135 cm³/mol. The van der Waals surface area contributed by atoms with Gasteiger partial charge in [0.05, 0.1) is 37.2 Å². The minimum Gasteiger partial charge on any atom is -0.342 e. The monoisotopic (exact) mass is 555 g/mol. The fraction of sp³-hybridized carbons (Fsp3) is 0.308. The molecular weight excluding hydrogens is 533 g/mol. The largest absolute Gasteiger partial charge is 0.451 e. The summed E-state index contributed by atoms with van der Waals surface area (Å²) in [5.74, 6) is -2.12. The normalized spacial score (nSPS) is 16.9. The molecule has 0 radical (unpaired) electrons. The molecule has 1 aromatic carbocycles. The number of fused-ring (bicyclic) bond motifs is 1. The number of aromatic nitrogens is 7. The maximum Gasteiger partial charge on any atom is 0.451 e. The second-order valence-electron chi connectivity index (χ2n) is 9.40. The van der Waals surface area contributed by atoms with Crippen LogP contribution in [0.25, 0.3) is 11.5 Å². The number of halogens is 5. The number of benzene rings is 1. The van der Waals surface area contributed by atoms with Gasteiger partial charge < -0.3 is 9.47 Å². The van der Waals surface area contributed by atoms with Crippen LogP contribution < -0.4 is 4.90 Å². The van der Waals surface area contributed by atoms with E-state index in [1.165, 1.54) is 6.07 Å². The van der Waals surface area contributed by atoms with Crippen LogP contribution in [0.4, 0.5) is 27.8 Å².